The van der Waals surface area contributed by atoms with Crippen molar-refractivity contribution in [1.29, 1.82) is 0 Å². The predicted octanol–water partition coefficient (Wildman–Crippen LogP) is 7.96. The molecule has 0 bridgehead atoms. The lowest BCUT2D eigenvalue weighted by atomic mass is 10.1. The number of ketones is 1. The highest BCUT2D eigenvalue weighted by Gasteiger charge is 2.10. The molecule has 0 unspecified atom stereocenters. The summed E-state index contributed by atoms with van der Waals surface area (Å²) >= 11 is 12.4. The zero-order valence-corrected chi connectivity index (χ0v) is 24.6. The third kappa shape index (κ3) is 7.26. The van der Waals surface area contributed by atoms with Gasteiger partial charge in [-0.1, -0.05) is 49.9 Å². The summed E-state index contributed by atoms with van der Waals surface area (Å²) in [7, 11) is 0. The number of rotatable bonds is 11. The molecule has 0 saturated carbocycles. The molecule has 2 heterocycles. The van der Waals surface area contributed by atoms with Gasteiger partial charge in [-0.2, -0.15) is 0 Å². The summed E-state index contributed by atoms with van der Waals surface area (Å²) in [5.41, 5.74) is 1.87. The van der Waals surface area contributed by atoms with Crippen LogP contribution in [0.2, 0.25) is 10.0 Å². The van der Waals surface area contributed by atoms with Crippen LogP contribution >= 0.6 is 23.2 Å². The van der Waals surface area contributed by atoms with E-state index in [1.54, 1.807) is 45.5 Å². The summed E-state index contributed by atoms with van der Waals surface area (Å²) in [6.07, 6.45) is 10.0. The summed E-state index contributed by atoms with van der Waals surface area (Å²) in [5, 5.41) is 13.1. The molecular formula is C33H32Cl2N2O4. The Labute approximate surface area is 248 Å². The molecule has 212 valence electrons. The Hall–Kier alpha value is -3.87. The lowest BCUT2D eigenvalue weighted by Crippen LogP contribution is -2.22. The number of nitrogens with zero attached hydrogens (tertiary/aromatic N) is 2. The molecule has 0 spiro atoms. The van der Waals surface area contributed by atoms with Crippen LogP contribution in [0.5, 0.6) is 0 Å². The molecule has 4 rings (SSSR count). The smallest absolute Gasteiger partial charge is 0.258 e. The quantitative estimate of drug-likeness (QED) is 0.109. The summed E-state index contributed by atoms with van der Waals surface area (Å²) < 4.78 is 3.40. The number of aromatic nitrogens is 2. The molecule has 0 aliphatic heterocycles. The maximum atomic E-state index is 13.2. The molecule has 0 amide bonds. The van der Waals surface area contributed by atoms with Gasteiger partial charge in [0.1, 0.15) is 5.76 Å². The van der Waals surface area contributed by atoms with Crippen LogP contribution in [0.4, 0.5) is 0 Å². The number of halogens is 2. The molecule has 0 aliphatic carbocycles. The number of hydrogen-bond acceptors (Lipinski definition) is 4. The number of fused-ring (bicyclic) bond motifs is 2. The lowest BCUT2D eigenvalue weighted by Gasteiger charge is -2.11. The number of unbranched alkanes of at least 4 members (excludes halogenated alkanes) is 2. The van der Waals surface area contributed by atoms with Gasteiger partial charge >= 0.3 is 0 Å². The number of carbonyl (C=O) groups excluding carboxylic acids is 1. The Morgan fingerprint density at radius 2 is 1.22 bits per heavy atom. The Kier molecular flexibility index (Phi) is 10.0. The van der Waals surface area contributed by atoms with Gasteiger partial charge in [0.2, 0.25) is 0 Å². The third-order valence-electron chi connectivity index (χ3n) is 6.79. The molecule has 4 aromatic rings. The SMILES string of the molecule is CCCCn1c(=O)c(/C=C/C(=O)/C=C(O)/C=C/c2cc3cc(Cl)ccc3n(CCCC)c2=O)cc2cc(Cl)ccc21. The minimum Gasteiger partial charge on any atom is -0.508 e. The average Bonchev–Trinajstić information content (AvgIpc) is 2.94. The lowest BCUT2D eigenvalue weighted by molar-refractivity contribution is -0.110. The topological polar surface area (TPSA) is 81.3 Å². The van der Waals surface area contributed by atoms with Crippen LogP contribution in [0, 0.1) is 0 Å². The summed E-state index contributed by atoms with van der Waals surface area (Å²) in [6.45, 7) is 5.22. The minimum absolute atomic E-state index is 0.195. The van der Waals surface area contributed by atoms with E-state index in [0.29, 0.717) is 34.3 Å². The first-order valence-corrected chi connectivity index (χ1v) is 14.4. The van der Waals surface area contributed by atoms with E-state index in [-0.39, 0.29) is 16.9 Å². The second-order valence-electron chi connectivity index (χ2n) is 9.86. The first kappa shape index (κ1) is 30.1. The highest BCUT2D eigenvalue weighted by Crippen LogP contribution is 2.21. The molecule has 0 fully saturated rings. The van der Waals surface area contributed by atoms with Crippen molar-refractivity contribution in [2.24, 2.45) is 0 Å². The molecule has 0 saturated heterocycles. The molecule has 0 aliphatic rings. The van der Waals surface area contributed by atoms with E-state index in [1.165, 1.54) is 24.3 Å². The highest BCUT2D eigenvalue weighted by atomic mass is 35.5. The Morgan fingerprint density at radius 1 is 0.756 bits per heavy atom. The van der Waals surface area contributed by atoms with Crippen LogP contribution in [-0.4, -0.2) is 20.0 Å². The van der Waals surface area contributed by atoms with E-state index >= 15 is 0 Å². The van der Waals surface area contributed by atoms with Crippen LogP contribution < -0.4 is 11.1 Å². The van der Waals surface area contributed by atoms with E-state index in [0.717, 1.165) is 53.6 Å². The average molecular weight is 592 g/mol. The maximum Gasteiger partial charge on any atom is 0.258 e. The number of carbonyl (C=O) groups is 1. The van der Waals surface area contributed by atoms with Gasteiger partial charge in [-0.05, 0) is 85.7 Å². The number of aryl methyl sites for hydroxylation is 2. The Bertz CT molecular complexity index is 1810. The van der Waals surface area contributed by atoms with Crippen molar-refractivity contribution < 1.29 is 9.90 Å². The molecule has 6 nitrogen and oxygen atoms in total. The number of benzene rings is 2. The first-order valence-electron chi connectivity index (χ1n) is 13.7. The van der Waals surface area contributed by atoms with Gasteiger partial charge in [0.15, 0.2) is 5.78 Å². The molecular weight excluding hydrogens is 559 g/mol. The fourth-order valence-electron chi connectivity index (χ4n) is 4.67. The zero-order chi connectivity index (χ0) is 29.5. The first-order chi connectivity index (χ1) is 19.7. The molecule has 2 aromatic heterocycles. The fourth-order valence-corrected chi connectivity index (χ4v) is 5.03. The van der Waals surface area contributed by atoms with Crippen molar-refractivity contribution in [2.45, 2.75) is 52.6 Å². The van der Waals surface area contributed by atoms with E-state index < -0.39 is 5.78 Å². The molecule has 8 heteroatoms. The normalized spacial score (nSPS) is 12.3. The maximum absolute atomic E-state index is 13.2. The Balaban J connectivity index is 1.61. The second-order valence-corrected chi connectivity index (χ2v) is 10.7. The van der Waals surface area contributed by atoms with Gasteiger partial charge in [-0.25, -0.2) is 0 Å². The van der Waals surface area contributed by atoms with Crippen LogP contribution in [0.1, 0.15) is 50.7 Å². The van der Waals surface area contributed by atoms with Crippen LogP contribution in [0.15, 0.2) is 82.1 Å². The van der Waals surface area contributed by atoms with Crippen molar-refractivity contribution in [3.05, 3.63) is 114 Å². The molecule has 2 aromatic carbocycles. The molecule has 0 radical (unpaired) electrons. The van der Waals surface area contributed by atoms with Crippen molar-refractivity contribution in [2.75, 3.05) is 0 Å². The van der Waals surface area contributed by atoms with Crippen LogP contribution in [0.3, 0.4) is 0 Å². The zero-order valence-electron chi connectivity index (χ0n) is 23.1. The number of aliphatic hydroxyl groups excluding tert-OH is 1. The van der Waals surface area contributed by atoms with Gasteiger partial charge < -0.3 is 14.2 Å². The van der Waals surface area contributed by atoms with Gasteiger partial charge in [0.05, 0.1) is 11.0 Å². The number of pyridine rings is 2. The number of hydrogen-bond donors (Lipinski definition) is 1. The van der Waals surface area contributed by atoms with Crippen LogP contribution in [0.25, 0.3) is 34.0 Å². The van der Waals surface area contributed by atoms with E-state index in [4.69, 9.17) is 23.2 Å². The van der Waals surface area contributed by atoms with Crippen molar-refractivity contribution in [3.63, 3.8) is 0 Å². The van der Waals surface area contributed by atoms with Crippen molar-refractivity contribution in [3.8, 4) is 0 Å². The summed E-state index contributed by atoms with van der Waals surface area (Å²) in [4.78, 5) is 38.9. The Morgan fingerprint density at radius 3 is 1.68 bits per heavy atom. The predicted molar refractivity (Wildman–Crippen MR) is 170 cm³/mol. The number of aliphatic hydroxyl groups is 1. The van der Waals surface area contributed by atoms with Gasteiger partial charge in [0.25, 0.3) is 11.1 Å². The number of allylic oxidation sites excluding steroid dienone is 3. The van der Waals surface area contributed by atoms with Gasteiger partial charge in [0, 0.05) is 51.1 Å². The van der Waals surface area contributed by atoms with Crippen LogP contribution in [-0.2, 0) is 17.9 Å². The fraction of sp³-hybridized carbons (Fsp3) is 0.242. The van der Waals surface area contributed by atoms with Crippen molar-refractivity contribution in [1.82, 2.24) is 9.13 Å². The minimum atomic E-state index is -0.511. The molecule has 0 atom stereocenters. The summed E-state index contributed by atoms with van der Waals surface area (Å²) in [6, 6.07) is 14.1. The third-order valence-corrected chi connectivity index (χ3v) is 7.26. The standard InChI is InChI=1S/C33H32Cl2N2O4/c1-3-5-15-36-30-13-9-26(34)19-24(30)17-22(32(36)40)7-11-28(38)21-29(39)12-8-23-18-25-20-27(35)10-14-31(25)37(33(23)41)16-6-4-2/h7-14,17-21,38H,3-6,15-16H2,1-2H3/b11-7+,12-8+,28-21-. The molecule has 1 N–H and O–H groups in total. The monoisotopic (exact) mass is 590 g/mol. The van der Waals surface area contributed by atoms with Gasteiger partial charge in [-0.3, -0.25) is 14.4 Å². The molecule has 41 heavy (non-hydrogen) atoms. The summed E-state index contributed by atoms with van der Waals surface area (Å²) in [5.74, 6) is -0.834. The van der Waals surface area contributed by atoms with E-state index in [2.05, 4.69) is 13.8 Å². The second kappa shape index (κ2) is 13.7. The van der Waals surface area contributed by atoms with E-state index in [1.807, 2.05) is 12.1 Å². The largest absolute Gasteiger partial charge is 0.508 e. The van der Waals surface area contributed by atoms with Crippen molar-refractivity contribution >= 4 is 62.9 Å². The highest BCUT2D eigenvalue weighted by molar-refractivity contribution is 6.31. The van der Waals surface area contributed by atoms with E-state index in [9.17, 15) is 19.5 Å². The van der Waals surface area contributed by atoms with Gasteiger partial charge in [-0.15, -0.1) is 0 Å².